The molecule has 2 aromatic carbocycles. The van der Waals surface area contributed by atoms with E-state index < -0.39 is 0 Å². The van der Waals surface area contributed by atoms with E-state index in [9.17, 15) is 9.59 Å². The number of hydrogen-bond acceptors (Lipinski definition) is 3. The molecule has 1 saturated heterocycles. The number of hydrogen-bond donors (Lipinski definition) is 0. The summed E-state index contributed by atoms with van der Waals surface area (Å²) in [6.45, 7) is 1.04. The highest BCUT2D eigenvalue weighted by atomic mass is 35.5. The highest BCUT2D eigenvalue weighted by Crippen LogP contribution is 2.22. The third-order valence-electron chi connectivity index (χ3n) is 4.18. The van der Waals surface area contributed by atoms with Crippen LogP contribution in [0.1, 0.15) is 5.56 Å². The minimum absolute atomic E-state index is 0.0626. The van der Waals surface area contributed by atoms with Crippen LogP contribution in [0.15, 0.2) is 48.5 Å². The van der Waals surface area contributed by atoms with Gasteiger partial charge in [-0.1, -0.05) is 29.8 Å². The van der Waals surface area contributed by atoms with E-state index in [0.717, 1.165) is 11.3 Å². The largest absolute Gasteiger partial charge is 0.497 e. The lowest BCUT2D eigenvalue weighted by molar-refractivity contribution is -0.136. The van der Waals surface area contributed by atoms with Crippen molar-refractivity contribution in [3.63, 3.8) is 0 Å². The van der Waals surface area contributed by atoms with Gasteiger partial charge in [-0.15, -0.1) is 0 Å². The normalized spacial score (nSPS) is 14.6. The quantitative estimate of drug-likeness (QED) is 0.844. The van der Waals surface area contributed by atoms with Gasteiger partial charge in [0.1, 0.15) is 12.3 Å². The number of amides is 2. The third kappa shape index (κ3) is 4.12. The van der Waals surface area contributed by atoms with Crippen LogP contribution in [0.2, 0.25) is 5.02 Å². The Balaban J connectivity index is 1.64. The zero-order chi connectivity index (χ0) is 17.8. The lowest BCUT2D eigenvalue weighted by Gasteiger charge is -2.34. The summed E-state index contributed by atoms with van der Waals surface area (Å²) in [7, 11) is 1.59. The molecule has 1 aliphatic rings. The van der Waals surface area contributed by atoms with Crippen molar-refractivity contribution in [2.75, 3.05) is 31.6 Å². The van der Waals surface area contributed by atoms with E-state index in [1.54, 1.807) is 29.0 Å². The van der Waals surface area contributed by atoms with Crippen LogP contribution in [-0.2, 0) is 16.0 Å². The molecule has 3 rings (SSSR count). The molecule has 1 heterocycles. The predicted molar refractivity (Wildman–Crippen MR) is 97.1 cm³/mol. The minimum Gasteiger partial charge on any atom is -0.497 e. The van der Waals surface area contributed by atoms with Gasteiger partial charge in [0.25, 0.3) is 0 Å². The van der Waals surface area contributed by atoms with E-state index in [0.29, 0.717) is 23.9 Å². The summed E-state index contributed by atoms with van der Waals surface area (Å²) in [5.41, 5.74) is 1.63. The monoisotopic (exact) mass is 358 g/mol. The Labute approximate surface area is 151 Å². The number of anilines is 1. The fraction of sp³-hybridized carbons (Fsp3) is 0.263. The predicted octanol–water partition coefficient (Wildman–Crippen LogP) is 2.77. The minimum atomic E-state index is -0.104. The molecule has 0 aliphatic carbocycles. The Morgan fingerprint density at radius 3 is 2.68 bits per heavy atom. The lowest BCUT2D eigenvalue weighted by atomic mass is 10.1. The van der Waals surface area contributed by atoms with Gasteiger partial charge in [-0.2, -0.15) is 0 Å². The summed E-state index contributed by atoms with van der Waals surface area (Å²) in [5, 5.41) is 0.585. The molecule has 0 radical (unpaired) electrons. The Kier molecular flexibility index (Phi) is 5.24. The van der Waals surface area contributed by atoms with Gasteiger partial charge in [-0.05, 0) is 35.9 Å². The Morgan fingerprint density at radius 1 is 1.16 bits per heavy atom. The second-order valence-corrected chi connectivity index (χ2v) is 6.31. The topological polar surface area (TPSA) is 49.9 Å². The lowest BCUT2D eigenvalue weighted by Crippen LogP contribution is -2.52. The van der Waals surface area contributed by atoms with Crippen LogP contribution in [0.4, 0.5) is 5.69 Å². The molecule has 0 atom stereocenters. The van der Waals surface area contributed by atoms with Crippen LogP contribution in [-0.4, -0.2) is 43.5 Å². The molecular weight excluding hydrogens is 340 g/mol. The van der Waals surface area contributed by atoms with Crippen LogP contribution in [0.25, 0.3) is 0 Å². The number of carbonyl (C=O) groups is 2. The van der Waals surface area contributed by atoms with E-state index in [-0.39, 0.29) is 24.8 Å². The number of benzene rings is 2. The molecule has 0 saturated carbocycles. The standard InChI is InChI=1S/C19H19ClN2O3/c1-25-17-7-2-4-14(10-17)11-18(23)21-8-9-22(19(24)13-21)16-6-3-5-15(20)12-16/h2-7,10,12H,8-9,11,13H2,1H3. The Morgan fingerprint density at radius 2 is 1.96 bits per heavy atom. The van der Waals surface area contributed by atoms with Crippen molar-refractivity contribution < 1.29 is 14.3 Å². The number of nitrogens with zero attached hydrogens (tertiary/aromatic N) is 2. The van der Waals surface area contributed by atoms with Gasteiger partial charge in [0.05, 0.1) is 13.5 Å². The van der Waals surface area contributed by atoms with E-state index in [2.05, 4.69) is 0 Å². The maximum absolute atomic E-state index is 12.5. The number of halogens is 1. The summed E-state index contributed by atoms with van der Waals surface area (Å²) >= 11 is 5.99. The highest BCUT2D eigenvalue weighted by Gasteiger charge is 2.28. The van der Waals surface area contributed by atoms with Gasteiger partial charge in [-0.3, -0.25) is 9.59 Å². The molecular formula is C19H19ClN2O3. The maximum Gasteiger partial charge on any atom is 0.246 e. The second-order valence-electron chi connectivity index (χ2n) is 5.87. The molecule has 6 heteroatoms. The number of rotatable bonds is 4. The first-order valence-corrected chi connectivity index (χ1v) is 8.41. The zero-order valence-corrected chi connectivity index (χ0v) is 14.7. The number of ether oxygens (including phenoxy) is 1. The third-order valence-corrected chi connectivity index (χ3v) is 4.42. The molecule has 0 spiro atoms. The van der Waals surface area contributed by atoms with E-state index in [1.807, 2.05) is 36.4 Å². The van der Waals surface area contributed by atoms with Crippen molar-refractivity contribution >= 4 is 29.1 Å². The van der Waals surface area contributed by atoms with Gasteiger partial charge >= 0.3 is 0 Å². The fourth-order valence-corrected chi connectivity index (χ4v) is 3.06. The van der Waals surface area contributed by atoms with Crippen molar-refractivity contribution in [1.82, 2.24) is 4.90 Å². The highest BCUT2D eigenvalue weighted by molar-refractivity contribution is 6.30. The van der Waals surface area contributed by atoms with Crippen molar-refractivity contribution in [3.8, 4) is 5.75 Å². The number of piperazine rings is 1. The number of methoxy groups -OCH3 is 1. The molecule has 130 valence electrons. The van der Waals surface area contributed by atoms with Gasteiger partial charge in [0.15, 0.2) is 0 Å². The fourth-order valence-electron chi connectivity index (χ4n) is 2.87. The first kappa shape index (κ1) is 17.3. The Bertz CT molecular complexity index is 794. The zero-order valence-electron chi connectivity index (χ0n) is 13.9. The van der Waals surface area contributed by atoms with Crippen molar-refractivity contribution in [3.05, 3.63) is 59.1 Å². The SMILES string of the molecule is COc1cccc(CC(=O)N2CCN(c3cccc(Cl)c3)C(=O)C2)c1. The van der Waals surface area contributed by atoms with Crippen molar-refractivity contribution in [1.29, 1.82) is 0 Å². The van der Waals surface area contributed by atoms with Gasteiger partial charge < -0.3 is 14.5 Å². The van der Waals surface area contributed by atoms with Crippen LogP contribution >= 0.6 is 11.6 Å². The molecule has 1 aliphatic heterocycles. The molecule has 1 fully saturated rings. The van der Waals surface area contributed by atoms with Crippen LogP contribution in [0.5, 0.6) is 5.75 Å². The van der Waals surface area contributed by atoms with Crippen LogP contribution < -0.4 is 9.64 Å². The molecule has 0 unspecified atom stereocenters. The van der Waals surface area contributed by atoms with Crippen LogP contribution in [0.3, 0.4) is 0 Å². The molecule has 2 aromatic rings. The molecule has 5 nitrogen and oxygen atoms in total. The smallest absolute Gasteiger partial charge is 0.246 e. The molecule has 25 heavy (non-hydrogen) atoms. The summed E-state index contributed by atoms with van der Waals surface area (Å²) in [6.07, 6.45) is 0.252. The number of carbonyl (C=O) groups excluding carboxylic acids is 2. The summed E-state index contributed by atoms with van der Waals surface area (Å²) < 4.78 is 5.18. The first-order valence-electron chi connectivity index (χ1n) is 8.03. The van der Waals surface area contributed by atoms with Crippen molar-refractivity contribution in [2.24, 2.45) is 0 Å². The van der Waals surface area contributed by atoms with Gasteiger partial charge in [0.2, 0.25) is 11.8 Å². The van der Waals surface area contributed by atoms with Gasteiger partial charge in [-0.25, -0.2) is 0 Å². The van der Waals surface area contributed by atoms with Crippen LogP contribution in [0, 0.1) is 0 Å². The molecule has 0 bridgehead atoms. The molecule has 2 amide bonds. The molecule has 0 N–H and O–H groups in total. The van der Waals surface area contributed by atoms with E-state index in [4.69, 9.17) is 16.3 Å². The first-order chi connectivity index (χ1) is 12.1. The summed E-state index contributed by atoms with van der Waals surface area (Å²) in [6, 6.07) is 14.6. The molecule has 0 aromatic heterocycles. The Hall–Kier alpha value is -2.53. The van der Waals surface area contributed by atoms with Gasteiger partial charge in [0, 0.05) is 23.8 Å². The average molecular weight is 359 g/mol. The summed E-state index contributed by atoms with van der Waals surface area (Å²) in [4.78, 5) is 28.2. The van der Waals surface area contributed by atoms with Crippen molar-refractivity contribution in [2.45, 2.75) is 6.42 Å². The maximum atomic E-state index is 12.5. The van der Waals surface area contributed by atoms with E-state index in [1.165, 1.54) is 0 Å². The summed E-state index contributed by atoms with van der Waals surface area (Å²) in [5.74, 6) is 0.548. The van der Waals surface area contributed by atoms with E-state index >= 15 is 0 Å². The second kappa shape index (κ2) is 7.57. The average Bonchev–Trinajstić information content (AvgIpc) is 2.61.